The summed E-state index contributed by atoms with van der Waals surface area (Å²) in [7, 11) is 0. The maximum Gasteiger partial charge on any atom is 0.227 e. The molecular formula is C23H37N5O. The molecule has 2 aliphatic heterocycles. The highest BCUT2D eigenvalue weighted by Gasteiger charge is 2.21. The number of guanidine groups is 1. The number of amides is 1. The van der Waals surface area contributed by atoms with Crippen LogP contribution >= 0.6 is 0 Å². The zero-order valence-corrected chi connectivity index (χ0v) is 18.1. The Morgan fingerprint density at radius 2 is 1.97 bits per heavy atom. The summed E-state index contributed by atoms with van der Waals surface area (Å²) in [6.45, 7) is 10.1. The van der Waals surface area contributed by atoms with E-state index in [2.05, 4.69) is 41.5 Å². The fraction of sp³-hybridized carbons (Fsp3) is 0.652. The number of hydrogen-bond donors (Lipinski definition) is 2. The van der Waals surface area contributed by atoms with Crippen LogP contribution in [0.25, 0.3) is 0 Å². The number of carbonyl (C=O) groups excluding carboxylic acids is 1. The smallest absolute Gasteiger partial charge is 0.227 e. The van der Waals surface area contributed by atoms with Crippen LogP contribution in [0.3, 0.4) is 0 Å². The molecule has 3 rings (SSSR count). The summed E-state index contributed by atoms with van der Waals surface area (Å²) in [5.74, 6) is 1.10. The van der Waals surface area contributed by atoms with Gasteiger partial charge in [-0.15, -0.1) is 0 Å². The number of anilines is 1. The normalized spacial score (nSPS) is 20.9. The molecule has 6 heteroatoms. The molecule has 0 aliphatic carbocycles. The molecule has 1 aromatic carbocycles. The summed E-state index contributed by atoms with van der Waals surface area (Å²) >= 11 is 0. The predicted octanol–water partition coefficient (Wildman–Crippen LogP) is 3.13. The van der Waals surface area contributed by atoms with E-state index in [9.17, 15) is 4.79 Å². The third-order valence-corrected chi connectivity index (χ3v) is 5.94. The summed E-state index contributed by atoms with van der Waals surface area (Å²) in [6, 6.07) is 8.95. The molecule has 1 atom stereocenters. The van der Waals surface area contributed by atoms with Crippen LogP contribution in [-0.2, 0) is 11.3 Å². The summed E-state index contributed by atoms with van der Waals surface area (Å²) in [5, 5.41) is 6.80. The van der Waals surface area contributed by atoms with Gasteiger partial charge in [0.2, 0.25) is 5.91 Å². The van der Waals surface area contributed by atoms with Crippen molar-refractivity contribution in [2.75, 3.05) is 37.6 Å². The lowest BCUT2D eigenvalue weighted by Crippen LogP contribution is -2.41. The van der Waals surface area contributed by atoms with Gasteiger partial charge in [0, 0.05) is 44.3 Å². The average molecular weight is 400 g/mol. The number of hydrogen-bond acceptors (Lipinski definition) is 3. The lowest BCUT2D eigenvalue weighted by atomic mass is 10.0. The fourth-order valence-corrected chi connectivity index (χ4v) is 4.19. The van der Waals surface area contributed by atoms with Crippen molar-refractivity contribution in [1.29, 1.82) is 0 Å². The van der Waals surface area contributed by atoms with Gasteiger partial charge in [-0.3, -0.25) is 4.79 Å². The zero-order valence-electron chi connectivity index (χ0n) is 18.1. The second kappa shape index (κ2) is 11.2. The summed E-state index contributed by atoms with van der Waals surface area (Å²) in [5.41, 5.74) is 2.15. The highest BCUT2D eigenvalue weighted by Crippen LogP contribution is 2.21. The van der Waals surface area contributed by atoms with Crippen LogP contribution in [0.1, 0.15) is 57.9 Å². The minimum atomic E-state index is 0.230. The molecular weight excluding hydrogens is 362 g/mol. The average Bonchev–Trinajstić information content (AvgIpc) is 3.16. The first-order valence-electron chi connectivity index (χ1n) is 11.3. The number of rotatable bonds is 8. The maximum atomic E-state index is 11.9. The van der Waals surface area contributed by atoms with Crippen LogP contribution in [-0.4, -0.2) is 55.5 Å². The first-order valence-corrected chi connectivity index (χ1v) is 11.3. The fourth-order valence-electron chi connectivity index (χ4n) is 4.19. The van der Waals surface area contributed by atoms with Gasteiger partial charge in [0.05, 0.1) is 6.54 Å². The van der Waals surface area contributed by atoms with Crippen molar-refractivity contribution in [3.05, 3.63) is 29.8 Å². The van der Waals surface area contributed by atoms with Crippen LogP contribution in [0, 0.1) is 0 Å². The van der Waals surface area contributed by atoms with Crippen molar-refractivity contribution in [2.24, 2.45) is 4.99 Å². The number of nitrogens with one attached hydrogen (secondary N) is 2. The van der Waals surface area contributed by atoms with Crippen molar-refractivity contribution >= 4 is 17.6 Å². The molecule has 160 valence electrons. The van der Waals surface area contributed by atoms with Gasteiger partial charge in [-0.05, 0) is 63.8 Å². The van der Waals surface area contributed by atoms with Gasteiger partial charge in [-0.25, -0.2) is 4.99 Å². The Kier molecular flexibility index (Phi) is 8.35. The van der Waals surface area contributed by atoms with Crippen molar-refractivity contribution in [1.82, 2.24) is 15.5 Å². The number of piperidine rings is 1. The van der Waals surface area contributed by atoms with E-state index in [1.54, 1.807) is 0 Å². The molecule has 6 nitrogen and oxygen atoms in total. The van der Waals surface area contributed by atoms with E-state index in [1.165, 1.54) is 25.8 Å². The predicted molar refractivity (Wildman–Crippen MR) is 120 cm³/mol. The quantitative estimate of drug-likeness (QED) is 0.401. The minimum Gasteiger partial charge on any atom is -0.357 e. The topological polar surface area (TPSA) is 60.0 Å². The maximum absolute atomic E-state index is 11.9. The molecule has 1 amide bonds. The molecule has 2 aliphatic rings. The van der Waals surface area contributed by atoms with Gasteiger partial charge >= 0.3 is 0 Å². The highest BCUT2D eigenvalue weighted by atomic mass is 16.2. The Balaban J connectivity index is 1.45. The van der Waals surface area contributed by atoms with Crippen LogP contribution in [0.2, 0.25) is 0 Å². The van der Waals surface area contributed by atoms with Gasteiger partial charge in [-0.2, -0.15) is 0 Å². The van der Waals surface area contributed by atoms with Gasteiger partial charge in [0.15, 0.2) is 5.96 Å². The Morgan fingerprint density at radius 3 is 2.66 bits per heavy atom. The molecule has 0 saturated carbocycles. The molecule has 2 fully saturated rings. The number of nitrogens with zero attached hydrogens (tertiary/aromatic N) is 3. The van der Waals surface area contributed by atoms with E-state index in [4.69, 9.17) is 4.99 Å². The molecule has 0 aromatic heterocycles. The molecule has 0 bridgehead atoms. The number of aliphatic imine (C=N–C) groups is 1. The lowest BCUT2D eigenvalue weighted by Gasteiger charge is -2.33. The van der Waals surface area contributed by atoms with Crippen molar-refractivity contribution in [3.8, 4) is 0 Å². The Bertz CT molecular complexity index is 672. The van der Waals surface area contributed by atoms with Gasteiger partial charge in [0.1, 0.15) is 0 Å². The molecule has 0 radical (unpaired) electrons. The highest BCUT2D eigenvalue weighted by molar-refractivity contribution is 5.95. The first kappa shape index (κ1) is 21.6. The van der Waals surface area contributed by atoms with E-state index in [-0.39, 0.29) is 5.91 Å². The van der Waals surface area contributed by atoms with Crippen LogP contribution in [0.15, 0.2) is 29.3 Å². The number of carbonyl (C=O) groups is 1. The lowest BCUT2D eigenvalue weighted by molar-refractivity contribution is -0.117. The van der Waals surface area contributed by atoms with Crippen LogP contribution in [0.4, 0.5) is 5.69 Å². The van der Waals surface area contributed by atoms with Crippen molar-refractivity contribution in [3.63, 3.8) is 0 Å². The van der Waals surface area contributed by atoms with E-state index in [0.717, 1.165) is 62.3 Å². The Hall–Kier alpha value is -2.08. The molecule has 2 heterocycles. The van der Waals surface area contributed by atoms with Gasteiger partial charge < -0.3 is 20.4 Å². The largest absolute Gasteiger partial charge is 0.357 e. The first-order chi connectivity index (χ1) is 14.2. The van der Waals surface area contributed by atoms with Gasteiger partial charge in [0.25, 0.3) is 0 Å². The minimum absolute atomic E-state index is 0.230. The summed E-state index contributed by atoms with van der Waals surface area (Å²) < 4.78 is 0. The Labute approximate surface area is 175 Å². The van der Waals surface area contributed by atoms with Crippen LogP contribution < -0.4 is 15.5 Å². The molecule has 29 heavy (non-hydrogen) atoms. The number of likely N-dealkylation sites (tertiary alicyclic amines) is 1. The molecule has 0 spiro atoms. The van der Waals surface area contributed by atoms with Gasteiger partial charge in [-0.1, -0.05) is 18.6 Å². The van der Waals surface area contributed by atoms with E-state index in [0.29, 0.717) is 13.0 Å². The molecule has 1 unspecified atom stereocenters. The summed E-state index contributed by atoms with van der Waals surface area (Å²) in [4.78, 5) is 21.1. The van der Waals surface area contributed by atoms with Crippen molar-refractivity contribution in [2.45, 2.75) is 65.0 Å². The summed E-state index contributed by atoms with van der Waals surface area (Å²) in [6.07, 6.45) is 6.81. The standard InChI is InChI=1S/C23H37N5O/c1-3-24-23(25-14-7-16-27-15-5-4-8-19(27)2)26-18-20-10-12-21(13-11-20)28-17-6-9-22(28)29/h10-13,19H,3-9,14-18H2,1-2H3,(H2,24,25,26). The van der Waals surface area contributed by atoms with E-state index < -0.39 is 0 Å². The zero-order chi connectivity index (χ0) is 20.5. The monoisotopic (exact) mass is 399 g/mol. The third-order valence-electron chi connectivity index (χ3n) is 5.94. The molecule has 1 aromatic rings. The van der Waals surface area contributed by atoms with E-state index >= 15 is 0 Å². The number of benzene rings is 1. The third kappa shape index (κ3) is 6.46. The Morgan fingerprint density at radius 1 is 1.14 bits per heavy atom. The second-order valence-electron chi connectivity index (χ2n) is 8.17. The second-order valence-corrected chi connectivity index (χ2v) is 8.17. The molecule has 2 N–H and O–H groups in total. The molecule has 2 saturated heterocycles. The van der Waals surface area contributed by atoms with Crippen LogP contribution in [0.5, 0.6) is 0 Å². The van der Waals surface area contributed by atoms with Crippen molar-refractivity contribution < 1.29 is 4.79 Å². The van der Waals surface area contributed by atoms with E-state index in [1.807, 2.05) is 17.0 Å². The SMILES string of the molecule is CCNC(=NCc1ccc(N2CCCC2=O)cc1)NCCCN1CCCCC1C.